The summed E-state index contributed by atoms with van der Waals surface area (Å²) in [4.78, 5) is 0. The largest absolute Gasteiger partial charge is 0.458 e. The summed E-state index contributed by atoms with van der Waals surface area (Å²) in [7, 11) is 1.70. The van der Waals surface area contributed by atoms with Crippen molar-refractivity contribution in [1.82, 2.24) is 0 Å². The zero-order valence-electron chi connectivity index (χ0n) is 11.4. The zero-order chi connectivity index (χ0) is 13.7. The van der Waals surface area contributed by atoms with Crippen LogP contribution in [0.2, 0.25) is 0 Å². The van der Waals surface area contributed by atoms with Gasteiger partial charge in [0.1, 0.15) is 17.6 Å². The number of methoxy groups -OCH3 is 1. The maximum atomic E-state index is 9.79. The van der Waals surface area contributed by atoms with E-state index in [2.05, 4.69) is 6.07 Å². The van der Waals surface area contributed by atoms with Gasteiger partial charge in [0.25, 0.3) is 0 Å². The average molecular weight is 260 g/mol. The highest BCUT2D eigenvalue weighted by molar-refractivity contribution is 5.62. The van der Waals surface area contributed by atoms with Gasteiger partial charge in [0.05, 0.1) is 6.61 Å². The fraction of sp³-hybridized carbons (Fsp3) is 0.375. The molecule has 1 unspecified atom stereocenters. The maximum Gasteiger partial charge on any atom is 0.134 e. The molecule has 0 bridgehead atoms. The summed E-state index contributed by atoms with van der Waals surface area (Å²) in [6.45, 7) is 2.61. The molecule has 1 heterocycles. The predicted molar refractivity (Wildman–Crippen MR) is 75.0 cm³/mol. The van der Waals surface area contributed by atoms with Gasteiger partial charge in [0.2, 0.25) is 0 Å². The molecule has 0 aliphatic carbocycles. The second-order valence-electron chi connectivity index (χ2n) is 4.53. The highest BCUT2D eigenvalue weighted by Gasteiger charge is 2.13. The normalized spacial score (nSPS) is 12.6. The molecule has 0 amide bonds. The molecule has 1 aromatic heterocycles. The number of aliphatic hydroxyl groups is 1. The van der Waals surface area contributed by atoms with Crippen LogP contribution in [0.5, 0.6) is 0 Å². The molecule has 1 atom stereocenters. The Morgan fingerprint density at radius 2 is 2.00 bits per heavy atom. The first kappa shape index (κ1) is 13.8. The van der Waals surface area contributed by atoms with E-state index < -0.39 is 6.10 Å². The van der Waals surface area contributed by atoms with Gasteiger partial charge in [-0.3, -0.25) is 0 Å². The van der Waals surface area contributed by atoms with Gasteiger partial charge in [0.15, 0.2) is 0 Å². The molecule has 3 heteroatoms. The maximum absolute atomic E-state index is 9.79. The molecule has 102 valence electrons. The SMILES string of the molecule is CCC(O)c1ccc(-c2ccccc2CCOC)o1. The van der Waals surface area contributed by atoms with Crippen LogP contribution in [-0.4, -0.2) is 18.8 Å². The summed E-state index contributed by atoms with van der Waals surface area (Å²) < 4.78 is 10.9. The molecule has 1 aromatic carbocycles. The second-order valence-corrected chi connectivity index (χ2v) is 4.53. The van der Waals surface area contributed by atoms with E-state index in [0.717, 1.165) is 17.7 Å². The summed E-state index contributed by atoms with van der Waals surface area (Å²) in [5.41, 5.74) is 2.25. The van der Waals surface area contributed by atoms with E-state index in [4.69, 9.17) is 9.15 Å². The van der Waals surface area contributed by atoms with Gasteiger partial charge in [-0.1, -0.05) is 31.2 Å². The lowest BCUT2D eigenvalue weighted by molar-refractivity contribution is 0.147. The van der Waals surface area contributed by atoms with Gasteiger partial charge in [-0.2, -0.15) is 0 Å². The van der Waals surface area contributed by atoms with Gasteiger partial charge >= 0.3 is 0 Å². The van der Waals surface area contributed by atoms with Crippen molar-refractivity contribution < 1.29 is 14.3 Å². The molecular weight excluding hydrogens is 240 g/mol. The van der Waals surface area contributed by atoms with Gasteiger partial charge in [-0.15, -0.1) is 0 Å². The Balaban J connectivity index is 2.28. The van der Waals surface area contributed by atoms with Crippen molar-refractivity contribution >= 4 is 0 Å². The van der Waals surface area contributed by atoms with Gasteiger partial charge in [-0.05, 0) is 30.5 Å². The van der Waals surface area contributed by atoms with Crippen LogP contribution < -0.4 is 0 Å². The number of rotatable bonds is 6. The highest BCUT2D eigenvalue weighted by Crippen LogP contribution is 2.29. The Hall–Kier alpha value is -1.58. The van der Waals surface area contributed by atoms with Crippen molar-refractivity contribution in [3.8, 4) is 11.3 Å². The summed E-state index contributed by atoms with van der Waals surface area (Å²) in [5.74, 6) is 1.42. The second kappa shape index (κ2) is 6.55. The van der Waals surface area contributed by atoms with E-state index in [1.807, 2.05) is 37.3 Å². The monoisotopic (exact) mass is 260 g/mol. The first-order valence-corrected chi connectivity index (χ1v) is 6.61. The van der Waals surface area contributed by atoms with E-state index in [1.165, 1.54) is 5.56 Å². The summed E-state index contributed by atoms with van der Waals surface area (Å²) >= 11 is 0. The molecule has 1 N–H and O–H groups in total. The van der Waals surface area contributed by atoms with Crippen molar-refractivity contribution in [3.63, 3.8) is 0 Å². The number of ether oxygens (including phenoxy) is 1. The lowest BCUT2D eigenvalue weighted by Gasteiger charge is -2.07. The van der Waals surface area contributed by atoms with Crippen molar-refractivity contribution in [3.05, 3.63) is 47.7 Å². The fourth-order valence-electron chi connectivity index (χ4n) is 2.07. The number of furan rings is 1. The Morgan fingerprint density at radius 3 is 2.74 bits per heavy atom. The molecule has 0 saturated carbocycles. The highest BCUT2D eigenvalue weighted by atomic mass is 16.5. The molecule has 0 spiro atoms. The summed E-state index contributed by atoms with van der Waals surface area (Å²) in [5, 5.41) is 9.79. The Kier molecular flexibility index (Phi) is 4.77. The van der Waals surface area contributed by atoms with Crippen LogP contribution in [-0.2, 0) is 11.2 Å². The molecule has 0 radical (unpaired) electrons. The molecular formula is C16H20O3. The lowest BCUT2D eigenvalue weighted by atomic mass is 10.0. The topological polar surface area (TPSA) is 42.6 Å². The Labute approximate surface area is 113 Å². The van der Waals surface area contributed by atoms with E-state index >= 15 is 0 Å². The summed E-state index contributed by atoms with van der Waals surface area (Å²) in [6.07, 6.45) is 0.969. The van der Waals surface area contributed by atoms with E-state index in [9.17, 15) is 5.11 Å². The molecule has 0 aliphatic heterocycles. The van der Waals surface area contributed by atoms with Gasteiger partial charge in [-0.25, -0.2) is 0 Å². The van der Waals surface area contributed by atoms with Crippen molar-refractivity contribution in [1.29, 1.82) is 0 Å². The lowest BCUT2D eigenvalue weighted by Crippen LogP contribution is -1.96. The first-order valence-electron chi connectivity index (χ1n) is 6.61. The molecule has 0 saturated heterocycles. The fourth-order valence-corrected chi connectivity index (χ4v) is 2.07. The van der Waals surface area contributed by atoms with E-state index in [1.54, 1.807) is 7.11 Å². The van der Waals surface area contributed by atoms with Crippen LogP contribution in [0.1, 0.15) is 30.8 Å². The molecule has 0 fully saturated rings. The van der Waals surface area contributed by atoms with Crippen molar-refractivity contribution in [2.75, 3.05) is 13.7 Å². The van der Waals surface area contributed by atoms with Gasteiger partial charge in [0, 0.05) is 12.7 Å². The van der Waals surface area contributed by atoms with Crippen LogP contribution in [0.15, 0.2) is 40.8 Å². The first-order chi connectivity index (χ1) is 9.26. The average Bonchev–Trinajstić information content (AvgIpc) is 2.94. The van der Waals surface area contributed by atoms with E-state index in [-0.39, 0.29) is 0 Å². The Morgan fingerprint density at radius 1 is 1.21 bits per heavy atom. The molecule has 19 heavy (non-hydrogen) atoms. The standard InChI is InChI=1S/C16H20O3/c1-3-14(17)16-9-8-15(19-16)13-7-5-4-6-12(13)10-11-18-2/h4-9,14,17H,3,10-11H2,1-2H3. The minimum absolute atomic E-state index is 0.528. The molecule has 2 aromatic rings. The third-order valence-electron chi connectivity index (χ3n) is 3.20. The van der Waals surface area contributed by atoms with Crippen molar-refractivity contribution in [2.24, 2.45) is 0 Å². The number of hydrogen-bond acceptors (Lipinski definition) is 3. The molecule has 0 aliphatic rings. The zero-order valence-corrected chi connectivity index (χ0v) is 11.4. The smallest absolute Gasteiger partial charge is 0.134 e. The number of benzene rings is 1. The third kappa shape index (κ3) is 3.25. The molecule has 3 nitrogen and oxygen atoms in total. The van der Waals surface area contributed by atoms with Gasteiger partial charge < -0.3 is 14.3 Å². The molecule has 2 rings (SSSR count). The number of aliphatic hydroxyl groups excluding tert-OH is 1. The third-order valence-corrected chi connectivity index (χ3v) is 3.20. The Bertz CT molecular complexity index is 516. The van der Waals surface area contributed by atoms with Crippen molar-refractivity contribution in [2.45, 2.75) is 25.9 Å². The minimum atomic E-state index is -0.528. The van der Waals surface area contributed by atoms with Crippen LogP contribution in [0.25, 0.3) is 11.3 Å². The summed E-state index contributed by atoms with van der Waals surface area (Å²) in [6, 6.07) is 11.9. The quantitative estimate of drug-likeness (QED) is 0.863. The van der Waals surface area contributed by atoms with Crippen LogP contribution >= 0.6 is 0 Å². The van der Waals surface area contributed by atoms with Crippen LogP contribution in [0.4, 0.5) is 0 Å². The van der Waals surface area contributed by atoms with Crippen LogP contribution in [0.3, 0.4) is 0 Å². The van der Waals surface area contributed by atoms with Crippen LogP contribution in [0, 0.1) is 0 Å². The van der Waals surface area contributed by atoms with E-state index in [0.29, 0.717) is 18.8 Å². The minimum Gasteiger partial charge on any atom is -0.458 e. The predicted octanol–water partition coefficient (Wildman–Crippen LogP) is 3.58. The number of hydrogen-bond donors (Lipinski definition) is 1.